The predicted octanol–water partition coefficient (Wildman–Crippen LogP) is 4.78. The summed E-state index contributed by atoms with van der Waals surface area (Å²) >= 11 is 0. The molecule has 1 fully saturated rings. The minimum Gasteiger partial charge on any atom is -0.497 e. The van der Waals surface area contributed by atoms with Crippen molar-refractivity contribution in [2.24, 2.45) is 0 Å². The highest BCUT2D eigenvalue weighted by Crippen LogP contribution is 2.31. The second kappa shape index (κ2) is 13.3. The van der Waals surface area contributed by atoms with E-state index in [0.717, 1.165) is 66.5 Å². The summed E-state index contributed by atoms with van der Waals surface area (Å²) in [7, 11) is 6.58. The van der Waals surface area contributed by atoms with Gasteiger partial charge in [-0.2, -0.15) is 0 Å². The van der Waals surface area contributed by atoms with Gasteiger partial charge in [0.15, 0.2) is 11.5 Å². The highest BCUT2D eigenvalue weighted by Gasteiger charge is 2.26. The Hall–Kier alpha value is -3.78. The molecule has 8 heteroatoms. The molecule has 1 aromatic heterocycles. The number of likely N-dealkylation sites (tertiary alicyclic amines) is 1. The van der Waals surface area contributed by atoms with Gasteiger partial charge in [-0.15, -0.1) is 0 Å². The first-order valence-electron chi connectivity index (χ1n) is 13.3. The Labute approximate surface area is 231 Å². The number of carbonyl (C=O) groups excluding carboxylic acids is 1. The average molecular weight is 534 g/mol. The van der Waals surface area contributed by atoms with Crippen molar-refractivity contribution >= 4 is 5.91 Å². The molecule has 8 nitrogen and oxygen atoms in total. The molecule has 0 unspecified atom stereocenters. The van der Waals surface area contributed by atoms with Gasteiger partial charge in [0.05, 0.1) is 39.7 Å². The fourth-order valence-corrected chi connectivity index (χ4v) is 5.11. The van der Waals surface area contributed by atoms with Gasteiger partial charge in [0, 0.05) is 30.8 Å². The molecular formula is C31H39N3O5. The van der Waals surface area contributed by atoms with E-state index >= 15 is 0 Å². The lowest BCUT2D eigenvalue weighted by Gasteiger charge is -2.32. The topological polar surface area (TPSA) is 82.2 Å². The molecule has 0 atom stereocenters. The number of aryl methyl sites for hydroxylation is 1. The van der Waals surface area contributed by atoms with Gasteiger partial charge in [-0.3, -0.25) is 14.7 Å². The van der Waals surface area contributed by atoms with E-state index < -0.39 is 0 Å². The van der Waals surface area contributed by atoms with Crippen LogP contribution in [0.3, 0.4) is 0 Å². The van der Waals surface area contributed by atoms with Crippen LogP contribution in [0.2, 0.25) is 0 Å². The number of amides is 1. The Balaban J connectivity index is 1.37. The molecule has 4 rings (SSSR count). The molecule has 2 aromatic carbocycles. The number of aromatic nitrogens is 1. The molecule has 1 aliphatic heterocycles. The second-order valence-corrected chi connectivity index (χ2v) is 9.85. The monoisotopic (exact) mass is 533 g/mol. The second-order valence-electron chi connectivity index (χ2n) is 9.85. The van der Waals surface area contributed by atoms with Crippen LogP contribution in [0.25, 0.3) is 0 Å². The van der Waals surface area contributed by atoms with E-state index in [1.54, 1.807) is 28.4 Å². The summed E-state index contributed by atoms with van der Waals surface area (Å²) in [5, 5.41) is 3.09. The van der Waals surface area contributed by atoms with Gasteiger partial charge in [0.2, 0.25) is 0 Å². The molecule has 208 valence electrons. The molecule has 3 aromatic rings. The number of nitrogens with zero attached hydrogens (tertiary/aromatic N) is 2. The summed E-state index contributed by atoms with van der Waals surface area (Å²) in [6.07, 6.45) is 2.58. The molecular weight excluding hydrogens is 494 g/mol. The van der Waals surface area contributed by atoms with Crippen molar-refractivity contribution in [1.82, 2.24) is 15.2 Å². The molecule has 2 heterocycles. The Morgan fingerprint density at radius 2 is 1.56 bits per heavy atom. The Bertz CT molecular complexity index is 1250. The number of methoxy groups -OCH3 is 4. The number of benzene rings is 2. The fourth-order valence-electron chi connectivity index (χ4n) is 5.11. The van der Waals surface area contributed by atoms with Gasteiger partial charge in [0.1, 0.15) is 11.5 Å². The first-order valence-corrected chi connectivity index (χ1v) is 13.3. The van der Waals surface area contributed by atoms with E-state index in [4.69, 9.17) is 23.9 Å². The van der Waals surface area contributed by atoms with E-state index in [1.165, 1.54) is 0 Å². The number of nitrogens with one attached hydrogen (secondary N) is 1. The average Bonchev–Trinajstić information content (AvgIpc) is 2.97. The summed E-state index contributed by atoms with van der Waals surface area (Å²) in [5.41, 5.74) is 4.73. The summed E-state index contributed by atoms with van der Waals surface area (Å²) in [6.45, 7) is 5.18. The van der Waals surface area contributed by atoms with Crippen LogP contribution in [-0.2, 0) is 13.0 Å². The molecule has 1 aliphatic rings. The van der Waals surface area contributed by atoms with Gasteiger partial charge < -0.3 is 24.3 Å². The van der Waals surface area contributed by atoms with Gasteiger partial charge in [-0.05, 0) is 86.8 Å². The van der Waals surface area contributed by atoms with Crippen LogP contribution in [0.4, 0.5) is 0 Å². The zero-order chi connectivity index (χ0) is 27.8. The highest BCUT2D eigenvalue weighted by atomic mass is 16.5. The third-order valence-corrected chi connectivity index (χ3v) is 7.25. The molecule has 1 N–H and O–H groups in total. The summed E-state index contributed by atoms with van der Waals surface area (Å²) in [5.74, 6) is 3.13. The van der Waals surface area contributed by atoms with Crippen LogP contribution < -0.4 is 24.3 Å². The minimum absolute atomic E-state index is 0.0797. The number of hydrogen-bond acceptors (Lipinski definition) is 7. The molecule has 1 amide bonds. The predicted molar refractivity (Wildman–Crippen MR) is 151 cm³/mol. The van der Waals surface area contributed by atoms with Crippen molar-refractivity contribution < 1.29 is 23.7 Å². The van der Waals surface area contributed by atoms with E-state index in [2.05, 4.69) is 22.3 Å². The molecule has 0 bridgehead atoms. The quantitative estimate of drug-likeness (QED) is 0.380. The smallest absolute Gasteiger partial charge is 0.253 e. The maximum atomic E-state index is 13.2. The molecule has 0 radical (unpaired) electrons. The summed E-state index contributed by atoms with van der Waals surface area (Å²) in [4.78, 5) is 20.5. The lowest BCUT2D eigenvalue weighted by Crippen LogP contribution is -2.34. The number of hydrogen-bond donors (Lipinski definition) is 1. The normalized spacial score (nSPS) is 14.1. The first kappa shape index (κ1) is 28.2. The van der Waals surface area contributed by atoms with Gasteiger partial charge in [0.25, 0.3) is 5.91 Å². The maximum absolute atomic E-state index is 13.2. The number of carbonyl (C=O) groups is 1. The van der Waals surface area contributed by atoms with E-state index in [1.807, 2.05) is 43.3 Å². The van der Waals surface area contributed by atoms with Crippen molar-refractivity contribution in [2.45, 2.75) is 38.6 Å². The van der Waals surface area contributed by atoms with Crippen molar-refractivity contribution in [3.8, 4) is 23.0 Å². The van der Waals surface area contributed by atoms with Crippen LogP contribution in [0.5, 0.6) is 23.0 Å². The van der Waals surface area contributed by atoms with Gasteiger partial charge in [-0.25, -0.2) is 0 Å². The number of ether oxygens (including phenoxy) is 4. The fraction of sp³-hybridized carbons (Fsp3) is 0.419. The zero-order valence-electron chi connectivity index (χ0n) is 23.6. The van der Waals surface area contributed by atoms with Crippen LogP contribution in [0, 0.1) is 6.92 Å². The Morgan fingerprint density at radius 1 is 0.872 bits per heavy atom. The van der Waals surface area contributed by atoms with Crippen LogP contribution in [-0.4, -0.2) is 63.9 Å². The summed E-state index contributed by atoms with van der Waals surface area (Å²) < 4.78 is 21.6. The van der Waals surface area contributed by atoms with E-state index in [0.29, 0.717) is 30.0 Å². The third kappa shape index (κ3) is 7.20. The lowest BCUT2D eigenvalue weighted by atomic mass is 9.89. The Kier molecular flexibility index (Phi) is 9.65. The lowest BCUT2D eigenvalue weighted by molar-refractivity contribution is 0.0951. The van der Waals surface area contributed by atoms with Crippen molar-refractivity contribution in [3.63, 3.8) is 0 Å². The molecule has 0 spiro atoms. The van der Waals surface area contributed by atoms with E-state index in [-0.39, 0.29) is 11.8 Å². The van der Waals surface area contributed by atoms with Crippen molar-refractivity contribution in [1.29, 1.82) is 0 Å². The zero-order valence-corrected chi connectivity index (χ0v) is 23.6. The van der Waals surface area contributed by atoms with Crippen molar-refractivity contribution in [3.05, 3.63) is 76.6 Å². The third-order valence-electron chi connectivity index (χ3n) is 7.25. The van der Waals surface area contributed by atoms with Gasteiger partial charge in [-0.1, -0.05) is 6.07 Å². The van der Waals surface area contributed by atoms with Crippen LogP contribution >= 0.6 is 0 Å². The van der Waals surface area contributed by atoms with Gasteiger partial charge >= 0.3 is 0 Å². The SMILES string of the molecule is COc1cc(CN2CCC(c3nc(C)ccc3C(=O)NCCc3ccc(OC)c(OC)c3)CC2)cc(OC)c1. The molecule has 0 aliphatic carbocycles. The molecule has 0 saturated carbocycles. The van der Waals surface area contributed by atoms with Crippen LogP contribution in [0.15, 0.2) is 48.5 Å². The number of piperidine rings is 1. The van der Waals surface area contributed by atoms with Crippen molar-refractivity contribution in [2.75, 3.05) is 48.1 Å². The number of rotatable bonds is 11. The molecule has 1 saturated heterocycles. The van der Waals surface area contributed by atoms with Crippen LogP contribution in [0.1, 0.15) is 51.6 Å². The Morgan fingerprint density at radius 3 is 2.21 bits per heavy atom. The largest absolute Gasteiger partial charge is 0.497 e. The standard InChI is InChI=1S/C31H39N3O5/c1-21-6-8-27(31(35)32-13-10-22-7-9-28(38-4)29(18-22)39-5)30(33-21)24-11-14-34(15-12-24)20-23-16-25(36-2)19-26(17-23)37-3/h6-9,16-19,24H,10-15,20H2,1-5H3,(H,32,35). The number of pyridine rings is 1. The highest BCUT2D eigenvalue weighted by molar-refractivity contribution is 5.95. The molecule has 39 heavy (non-hydrogen) atoms. The maximum Gasteiger partial charge on any atom is 0.253 e. The minimum atomic E-state index is -0.0797. The summed E-state index contributed by atoms with van der Waals surface area (Å²) in [6, 6.07) is 15.6. The first-order chi connectivity index (χ1) is 18.9. The van der Waals surface area contributed by atoms with E-state index in [9.17, 15) is 4.79 Å².